The summed E-state index contributed by atoms with van der Waals surface area (Å²) in [5.74, 6) is 1.34. The maximum absolute atomic E-state index is 6.08. The number of rotatable bonds is 1. The number of nitrogens with zero attached hydrogens (tertiary/aromatic N) is 2. The fourth-order valence-electron chi connectivity index (χ4n) is 2.84. The topological polar surface area (TPSA) is 43.8 Å². The molecule has 0 saturated carbocycles. The van der Waals surface area contributed by atoms with E-state index >= 15 is 0 Å². The lowest BCUT2D eigenvalue weighted by molar-refractivity contribution is 0.428. The van der Waals surface area contributed by atoms with Gasteiger partial charge >= 0.3 is 0 Å². The number of halogens is 1. The van der Waals surface area contributed by atoms with Gasteiger partial charge in [-0.05, 0) is 45.8 Å². The van der Waals surface area contributed by atoms with Crippen LogP contribution in [0.5, 0.6) is 0 Å². The van der Waals surface area contributed by atoms with Crippen LogP contribution < -0.4 is 5.73 Å². The van der Waals surface area contributed by atoms with Crippen LogP contribution >= 0.6 is 15.9 Å². The molecule has 3 rings (SSSR count). The van der Waals surface area contributed by atoms with E-state index in [0.29, 0.717) is 11.7 Å². The first-order valence-corrected chi connectivity index (χ1v) is 7.05. The second kappa shape index (κ2) is 4.43. The van der Waals surface area contributed by atoms with Gasteiger partial charge in [-0.1, -0.05) is 31.2 Å². The molecule has 0 amide bonds. The van der Waals surface area contributed by atoms with Gasteiger partial charge in [-0.2, -0.15) is 5.10 Å². The fraction of sp³-hybridized carbons (Fsp3) is 0.357. The number of hydrogen-bond acceptors (Lipinski definition) is 2. The highest BCUT2D eigenvalue weighted by Gasteiger charge is 2.27. The highest BCUT2D eigenvalue weighted by molar-refractivity contribution is 9.10. The minimum atomic E-state index is 0.267. The first-order valence-electron chi connectivity index (χ1n) is 6.25. The molecule has 94 valence electrons. The summed E-state index contributed by atoms with van der Waals surface area (Å²) in [6, 6.07) is 8.90. The van der Waals surface area contributed by atoms with E-state index in [1.54, 1.807) is 6.20 Å². The molecule has 4 heteroatoms. The number of anilines is 1. The van der Waals surface area contributed by atoms with E-state index in [1.807, 2.05) is 4.68 Å². The fourth-order valence-corrected chi connectivity index (χ4v) is 3.11. The summed E-state index contributed by atoms with van der Waals surface area (Å²) in [5.41, 5.74) is 8.87. The van der Waals surface area contributed by atoms with Gasteiger partial charge in [0.05, 0.1) is 16.7 Å². The van der Waals surface area contributed by atoms with Crippen LogP contribution in [0.2, 0.25) is 0 Å². The van der Waals surface area contributed by atoms with Crippen molar-refractivity contribution in [3.63, 3.8) is 0 Å². The zero-order valence-electron chi connectivity index (χ0n) is 10.3. The van der Waals surface area contributed by atoms with E-state index in [-0.39, 0.29) is 6.04 Å². The summed E-state index contributed by atoms with van der Waals surface area (Å²) in [4.78, 5) is 0. The van der Waals surface area contributed by atoms with Gasteiger partial charge in [-0.15, -0.1) is 0 Å². The quantitative estimate of drug-likeness (QED) is 0.872. The average molecular weight is 306 g/mol. The zero-order chi connectivity index (χ0) is 12.7. The first kappa shape index (κ1) is 11.8. The third-order valence-corrected chi connectivity index (χ3v) is 4.45. The van der Waals surface area contributed by atoms with Gasteiger partial charge < -0.3 is 5.73 Å². The van der Waals surface area contributed by atoms with Crippen LogP contribution in [0.1, 0.15) is 42.9 Å². The lowest BCUT2D eigenvalue weighted by Gasteiger charge is -2.30. The Balaban J connectivity index is 2.10. The Hall–Kier alpha value is -1.29. The third-order valence-electron chi connectivity index (χ3n) is 3.84. The van der Waals surface area contributed by atoms with Crippen molar-refractivity contribution in [3.05, 3.63) is 46.1 Å². The molecule has 2 atom stereocenters. The number of fused-ring (bicyclic) bond motifs is 1. The van der Waals surface area contributed by atoms with Crippen molar-refractivity contribution < 1.29 is 0 Å². The zero-order valence-corrected chi connectivity index (χ0v) is 11.9. The summed E-state index contributed by atoms with van der Waals surface area (Å²) >= 11 is 3.43. The Morgan fingerprint density at radius 3 is 2.67 bits per heavy atom. The monoisotopic (exact) mass is 305 g/mol. The Labute approximate surface area is 115 Å². The molecule has 0 aliphatic heterocycles. The van der Waals surface area contributed by atoms with E-state index < -0.39 is 0 Å². The molecule has 1 aromatic heterocycles. The van der Waals surface area contributed by atoms with Crippen molar-refractivity contribution >= 4 is 21.7 Å². The summed E-state index contributed by atoms with van der Waals surface area (Å²) < 4.78 is 2.81. The van der Waals surface area contributed by atoms with Gasteiger partial charge in [0.1, 0.15) is 5.82 Å². The Morgan fingerprint density at radius 2 is 2.00 bits per heavy atom. The van der Waals surface area contributed by atoms with Crippen LogP contribution in [0.4, 0.5) is 5.82 Å². The molecule has 18 heavy (non-hydrogen) atoms. The van der Waals surface area contributed by atoms with Crippen molar-refractivity contribution in [2.24, 2.45) is 0 Å². The van der Waals surface area contributed by atoms with E-state index in [1.165, 1.54) is 17.5 Å². The molecule has 2 N–H and O–H groups in total. The van der Waals surface area contributed by atoms with Crippen molar-refractivity contribution in [1.29, 1.82) is 0 Å². The number of benzene rings is 1. The van der Waals surface area contributed by atoms with Crippen LogP contribution in [0, 0.1) is 0 Å². The molecular weight excluding hydrogens is 290 g/mol. The molecule has 2 unspecified atom stereocenters. The second-order valence-corrected chi connectivity index (χ2v) is 5.80. The summed E-state index contributed by atoms with van der Waals surface area (Å²) in [6.07, 6.45) is 4.05. The summed E-state index contributed by atoms with van der Waals surface area (Å²) in [7, 11) is 0. The largest absolute Gasteiger partial charge is 0.383 e. The van der Waals surface area contributed by atoms with Crippen LogP contribution in [0.15, 0.2) is 34.9 Å². The third kappa shape index (κ3) is 1.75. The molecule has 0 bridgehead atoms. The van der Waals surface area contributed by atoms with Crippen molar-refractivity contribution in [1.82, 2.24) is 9.78 Å². The maximum Gasteiger partial charge on any atom is 0.136 e. The summed E-state index contributed by atoms with van der Waals surface area (Å²) in [6.45, 7) is 2.29. The van der Waals surface area contributed by atoms with Crippen molar-refractivity contribution in [2.45, 2.75) is 31.7 Å². The molecule has 2 aromatic rings. The smallest absolute Gasteiger partial charge is 0.136 e. The average Bonchev–Trinajstić information content (AvgIpc) is 2.71. The predicted octanol–water partition coefficient (Wildman–Crippen LogP) is 3.71. The van der Waals surface area contributed by atoms with Crippen LogP contribution in [-0.4, -0.2) is 9.78 Å². The molecule has 0 radical (unpaired) electrons. The Morgan fingerprint density at radius 1 is 1.28 bits per heavy atom. The standard InChI is InChI=1S/C14H16BrN3/c1-9-6-7-13(11-5-3-2-4-10(9)11)18-14(16)12(15)8-17-18/h2-5,8-9,13H,6-7,16H2,1H3. The van der Waals surface area contributed by atoms with Gasteiger partial charge in [0.25, 0.3) is 0 Å². The highest BCUT2D eigenvalue weighted by Crippen LogP contribution is 2.40. The van der Waals surface area contributed by atoms with E-state index in [2.05, 4.69) is 52.2 Å². The van der Waals surface area contributed by atoms with Gasteiger partial charge in [0.15, 0.2) is 0 Å². The SMILES string of the molecule is CC1CCC(n2ncc(Br)c2N)c2ccccc21. The number of hydrogen-bond donors (Lipinski definition) is 1. The molecule has 0 spiro atoms. The normalized spacial score (nSPS) is 22.8. The van der Waals surface area contributed by atoms with E-state index in [0.717, 1.165) is 10.9 Å². The lowest BCUT2D eigenvalue weighted by atomic mass is 9.81. The van der Waals surface area contributed by atoms with E-state index in [4.69, 9.17) is 5.73 Å². The molecule has 1 aromatic carbocycles. The molecule has 1 heterocycles. The van der Waals surface area contributed by atoms with Crippen LogP contribution in [0.25, 0.3) is 0 Å². The lowest BCUT2D eigenvalue weighted by Crippen LogP contribution is -2.21. The number of aromatic nitrogens is 2. The van der Waals surface area contributed by atoms with Crippen molar-refractivity contribution in [2.75, 3.05) is 5.73 Å². The van der Waals surface area contributed by atoms with Gasteiger partial charge in [-0.25, -0.2) is 4.68 Å². The van der Waals surface area contributed by atoms with Crippen LogP contribution in [-0.2, 0) is 0 Å². The van der Waals surface area contributed by atoms with Gasteiger partial charge in [-0.3, -0.25) is 0 Å². The molecule has 0 fully saturated rings. The Kier molecular flexibility index (Phi) is 2.90. The first-order chi connectivity index (χ1) is 8.68. The minimum absolute atomic E-state index is 0.267. The van der Waals surface area contributed by atoms with Gasteiger partial charge in [0.2, 0.25) is 0 Å². The highest BCUT2D eigenvalue weighted by atomic mass is 79.9. The van der Waals surface area contributed by atoms with Gasteiger partial charge in [0, 0.05) is 0 Å². The molecule has 3 nitrogen and oxygen atoms in total. The second-order valence-electron chi connectivity index (χ2n) is 4.95. The molecular formula is C14H16BrN3. The summed E-state index contributed by atoms with van der Waals surface area (Å²) in [5, 5.41) is 4.41. The molecule has 1 aliphatic rings. The van der Waals surface area contributed by atoms with E-state index in [9.17, 15) is 0 Å². The van der Waals surface area contributed by atoms with Crippen molar-refractivity contribution in [3.8, 4) is 0 Å². The maximum atomic E-state index is 6.08. The molecule has 0 saturated heterocycles. The number of nitrogens with two attached hydrogens (primary N) is 1. The number of nitrogen functional groups attached to an aromatic ring is 1. The minimum Gasteiger partial charge on any atom is -0.383 e. The molecule has 1 aliphatic carbocycles. The predicted molar refractivity (Wildman–Crippen MR) is 76.6 cm³/mol. The van der Waals surface area contributed by atoms with Crippen LogP contribution in [0.3, 0.4) is 0 Å². The Bertz CT molecular complexity index is 576.